The maximum Gasteiger partial charge on any atom is 0.0546 e. The summed E-state index contributed by atoms with van der Waals surface area (Å²) in [5, 5.41) is 10.2. The van der Waals surface area contributed by atoms with Gasteiger partial charge in [0.25, 0.3) is 0 Å². The van der Waals surface area contributed by atoms with Crippen molar-refractivity contribution in [3.8, 4) is 0 Å². The SMILES string of the molecule is c1ccc(N(c2ccccc2)c2cc3c(ccc4ccc5ccccc5c43)c3ccccc23)cc1. The standard InChI is InChI=1S/C34H23N/c1-3-12-26(13-4-1)35(27-14-5-2-6-15-27)33-23-32-30(29-17-9-10-18-31(29)33)22-21-25-20-19-24-11-7-8-16-28(24)34(25)32/h1-23H. The van der Waals surface area contributed by atoms with Crippen molar-refractivity contribution in [1.82, 2.24) is 0 Å². The van der Waals surface area contributed by atoms with E-state index >= 15 is 0 Å². The van der Waals surface area contributed by atoms with Gasteiger partial charge in [-0.25, -0.2) is 0 Å². The predicted octanol–water partition coefficient (Wildman–Crippen LogP) is 9.77. The third-order valence-electron chi connectivity index (χ3n) is 6.99. The van der Waals surface area contributed by atoms with Gasteiger partial charge in [-0.1, -0.05) is 109 Å². The average molecular weight is 446 g/mol. The summed E-state index contributed by atoms with van der Waals surface area (Å²) in [7, 11) is 0. The molecule has 35 heavy (non-hydrogen) atoms. The lowest BCUT2D eigenvalue weighted by molar-refractivity contribution is 1.30. The topological polar surface area (TPSA) is 3.24 Å². The molecule has 164 valence electrons. The minimum atomic E-state index is 1.15. The van der Waals surface area contributed by atoms with E-state index < -0.39 is 0 Å². The van der Waals surface area contributed by atoms with Gasteiger partial charge in [0.2, 0.25) is 0 Å². The number of rotatable bonds is 3. The van der Waals surface area contributed by atoms with Crippen molar-refractivity contribution in [2.75, 3.05) is 4.90 Å². The maximum absolute atomic E-state index is 2.40. The largest absolute Gasteiger partial charge is 0.310 e. The summed E-state index contributed by atoms with van der Waals surface area (Å²) in [6.45, 7) is 0. The van der Waals surface area contributed by atoms with Crippen LogP contribution in [0.3, 0.4) is 0 Å². The first-order valence-electron chi connectivity index (χ1n) is 12.0. The number of para-hydroxylation sites is 2. The van der Waals surface area contributed by atoms with E-state index in [0.29, 0.717) is 0 Å². The summed E-state index contributed by atoms with van der Waals surface area (Å²) in [4.78, 5) is 2.38. The first kappa shape index (κ1) is 19.8. The number of benzene rings is 7. The summed E-state index contributed by atoms with van der Waals surface area (Å²) >= 11 is 0. The second kappa shape index (κ2) is 8.00. The Morgan fingerprint density at radius 1 is 0.343 bits per heavy atom. The van der Waals surface area contributed by atoms with Crippen LogP contribution in [-0.2, 0) is 0 Å². The molecule has 0 atom stereocenters. The molecule has 0 aliphatic rings. The Kier molecular flexibility index (Phi) is 4.53. The Balaban J connectivity index is 1.67. The molecule has 1 heteroatoms. The van der Waals surface area contributed by atoms with E-state index in [2.05, 4.69) is 144 Å². The van der Waals surface area contributed by atoms with Gasteiger partial charge >= 0.3 is 0 Å². The molecule has 0 aliphatic heterocycles. The summed E-state index contributed by atoms with van der Waals surface area (Å²) in [6, 6.07) is 50.2. The molecule has 1 nitrogen and oxygen atoms in total. The minimum absolute atomic E-state index is 1.15. The number of hydrogen-bond acceptors (Lipinski definition) is 1. The lowest BCUT2D eigenvalue weighted by Gasteiger charge is -2.27. The second-order valence-corrected chi connectivity index (χ2v) is 8.99. The molecule has 0 aromatic heterocycles. The quantitative estimate of drug-likeness (QED) is 0.245. The second-order valence-electron chi connectivity index (χ2n) is 8.99. The van der Waals surface area contributed by atoms with Crippen LogP contribution in [0.25, 0.3) is 43.1 Å². The van der Waals surface area contributed by atoms with Gasteiger partial charge in [0.1, 0.15) is 0 Å². The fraction of sp³-hybridized carbons (Fsp3) is 0. The van der Waals surface area contributed by atoms with Gasteiger partial charge < -0.3 is 4.90 Å². The summed E-state index contributed by atoms with van der Waals surface area (Å²) in [6.07, 6.45) is 0. The van der Waals surface area contributed by atoms with Gasteiger partial charge in [-0.05, 0) is 68.0 Å². The Morgan fingerprint density at radius 2 is 0.857 bits per heavy atom. The molecular formula is C34H23N. The van der Waals surface area contributed by atoms with E-state index in [1.54, 1.807) is 0 Å². The molecule has 0 N–H and O–H groups in total. The van der Waals surface area contributed by atoms with Gasteiger partial charge in [0.05, 0.1) is 5.69 Å². The molecule has 0 saturated carbocycles. The van der Waals surface area contributed by atoms with Crippen molar-refractivity contribution >= 4 is 60.2 Å². The van der Waals surface area contributed by atoms with Gasteiger partial charge in [-0.2, -0.15) is 0 Å². The van der Waals surface area contributed by atoms with E-state index in [1.807, 2.05) is 0 Å². The van der Waals surface area contributed by atoms with Crippen molar-refractivity contribution in [2.24, 2.45) is 0 Å². The van der Waals surface area contributed by atoms with Crippen LogP contribution >= 0.6 is 0 Å². The van der Waals surface area contributed by atoms with Gasteiger partial charge in [0.15, 0.2) is 0 Å². The van der Waals surface area contributed by atoms with Crippen LogP contribution < -0.4 is 4.90 Å². The maximum atomic E-state index is 2.40. The van der Waals surface area contributed by atoms with Gasteiger partial charge in [-0.3, -0.25) is 0 Å². The molecule has 0 heterocycles. The highest BCUT2D eigenvalue weighted by atomic mass is 15.1. The molecular weight excluding hydrogens is 422 g/mol. The lowest BCUT2D eigenvalue weighted by Crippen LogP contribution is -2.10. The van der Waals surface area contributed by atoms with Crippen LogP contribution in [0.4, 0.5) is 17.1 Å². The van der Waals surface area contributed by atoms with Crippen LogP contribution in [0.1, 0.15) is 0 Å². The molecule has 7 rings (SSSR count). The third-order valence-corrected chi connectivity index (χ3v) is 6.99. The van der Waals surface area contributed by atoms with Crippen molar-refractivity contribution in [2.45, 2.75) is 0 Å². The summed E-state index contributed by atoms with van der Waals surface area (Å²) in [5.74, 6) is 0. The Labute approximate surface area is 204 Å². The van der Waals surface area contributed by atoms with Crippen LogP contribution in [0.5, 0.6) is 0 Å². The van der Waals surface area contributed by atoms with Crippen LogP contribution in [0.2, 0.25) is 0 Å². The monoisotopic (exact) mass is 445 g/mol. The number of nitrogens with zero attached hydrogens (tertiary/aromatic N) is 1. The molecule has 0 bridgehead atoms. The Morgan fingerprint density at radius 3 is 1.57 bits per heavy atom. The van der Waals surface area contributed by atoms with Crippen LogP contribution in [0.15, 0.2) is 140 Å². The highest BCUT2D eigenvalue weighted by Crippen LogP contribution is 2.44. The van der Waals surface area contributed by atoms with E-state index in [-0.39, 0.29) is 0 Å². The molecule has 0 spiro atoms. The molecule has 0 unspecified atom stereocenters. The fourth-order valence-electron chi connectivity index (χ4n) is 5.43. The summed E-state index contributed by atoms with van der Waals surface area (Å²) in [5.41, 5.74) is 3.48. The minimum Gasteiger partial charge on any atom is -0.310 e. The zero-order valence-electron chi connectivity index (χ0n) is 19.2. The van der Waals surface area contributed by atoms with Crippen molar-refractivity contribution in [3.05, 3.63) is 140 Å². The Hall–Kier alpha value is -4.62. The number of hydrogen-bond donors (Lipinski definition) is 0. The third kappa shape index (κ3) is 3.17. The zero-order chi connectivity index (χ0) is 23.2. The molecule has 0 radical (unpaired) electrons. The molecule has 0 aliphatic carbocycles. The predicted molar refractivity (Wildman–Crippen MR) is 151 cm³/mol. The van der Waals surface area contributed by atoms with E-state index in [4.69, 9.17) is 0 Å². The zero-order valence-corrected chi connectivity index (χ0v) is 19.2. The van der Waals surface area contributed by atoms with E-state index in [9.17, 15) is 0 Å². The number of anilines is 3. The van der Waals surface area contributed by atoms with Crippen molar-refractivity contribution in [1.29, 1.82) is 0 Å². The molecule has 0 fully saturated rings. The average Bonchev–Trinajstić information content (AvgIpc) is 2.94. The Bertz CT molecular complexity index is 1800. The molecule has 0 amide bonds. The van der Waals surface area contributed by atoms with Gasteiger partial charge in [0, 0.05) is 16.8 Å². The first-order valence-corrected chi connectivity index (χ1v) is 12.0. The van der Waals surface area contributed by atoms with E-state index in [1.165, 1.54) is 48.8 Å². The van der Waals surface area contributed by atoms with Gasteiger partial charge in [-0.15, -0.1) is 0 Å². The van der Waals surface area contributed by atoms with E-state index in [0.717, 1.165) is 11.4 Å². The smallest absolute Gasteiger partial charge is 0.0546 e. The van der Waals surface area contributed by atoms with Crippen molar-refractivity contribution in [3.63, 3.8) is 0 Å². The summed E-state index contributed by atoms with van der Waals surface area (Å²) < 4.78 is 0. The van der Waals surface area contributed by atoms with Crippen molar-refractivity contribution < 1.29 is 0 Å². The van der Waals surface area contributed by atoms with Crippen LogP contribution in [-0.4, -0.2) is 0 Å². The lowest BCUT2D eigenvalue weighted by atomic mass is 9.92. The highest BCUT2D eigenvalue weighted by molar-refractivity contribution is 6.26. The first-order chi connectivity index (χ1) is 17.4. The molecule has 7 aromatic carbocycles. The normalized spacial score (nSPS) is 11.4. The molecule has 7 aromatic rings. The number of fused-ring (bicyclic) bond motifs is 7. The fourth-order valence-corrected chi connectivity index (χ4v) is 5.43. The molecule has 0 saturated heterocycles. The highest BCUT2D eigenvalue weighted by Gasteiger charge is 2.18. The van der Waals surface area contributed by atoms with Crippen LogP contribution in [0, 0.1) is 0 Å².